The van der Waals surface area contributed by atoms with E-state index in [4.69, 9.17) is 0 Å². The van der Waals surface area contributed by atoms with Crippen LogP contribution in [0.5, 0.6) is 0 Å². The summed E-state index contributed by atoms with van der Waals surface area (Å²) in [5.41, 5.74) is 2.37. The zero-order valence-electron chi connectivity index (χ0n) is 14.0. The summed E-state index contributed by atoms with van der Waals surface area (Å²) in [4.78, 5) is 29.2. The Balaban J connectivity index is 1.38. The molecule has 1 N–H and O–H groups in total. The van der Waals surface area contributed by atoms with Crippen molar-refractivity contribution in [1.29, 1.82) is 0 Å². The van der Waals surface area contributed by atoms with Crippen molar-refractivity contribution in [2.45, 2.75) is 38.1 Å². The van der Waals surface area contributed by atoms with Gasteiger partial charge in [-0.15, -0.1) is 0 Å². The molecule has 24 heavy (non-hydrogen) atoms. The van der Waals surface area contributed by atoms with Crippen molar-refractivity contribution in [3.8, 4) is 0 Å². The lowest BCUT2D eigenvalue weighted by Crippen LogP contribution is -2.53. The number of para-hydroxylation sites is 1. The van der Waals surface area contributed by atoms with Crippen molar-refractivity contribution >= 4 is 17.5 Å². The van der Waals surface area contributed by atoms with Crippen molar-refractivity contribution in [3.05, 3.63) is 29.8 Å². The van der Waals surface area contributed by atoms with Gasteiger partial charge in [-0.05, 0) is 56.8 Å². The molecule has 2 fully saturated rings. The van der Waals surface area contributed by atoms with Gasteiger partial charge in [0.25, 0.3) is 0 Å². The van der Waals surface area contributed by atoms with Crippen LogP contribution in [0.1, 0.15) is 31.2 Å². The topological polar surface area (TPSA) is 52.7 Å². The Kier molecular flexibility index (Phi) is 4.27. The number of fused-ring (bicyclic) bond motifs is 1. The molecule has 1 unspecified atom stereocenters. The standard InChI is InChI=1S/C19H25N3O2/c23-18-17(6-3-10-20-18)21-11-7-15(8-12-21)19(24)22-13-9-14-4-1-2-5-16(14)22/h1-2,4-5,15,17H,3,6-13H2,(H,20,23). The van der Waals surface area contributed by atoms with E-state index in [2.05, 4.69) is 22.3 Å². The number of rotatable bonds is 2. The number of piperidine rings is 2. The van der Waals surface area contributed by atoms with Crippen molar-refractivity contribution < 1.29 is 9.59 Å². The van der Waals surface area contributed by atoms with Crippen LogP contribution < -0.4 is 10.2 Å². The first-order valence-corrected chi connectivity index (χ1v) is 9.15. The van der Waals surface area contributed by atoms with E-state index in [1.165, 1.54) is 5.56 Å². The van der Waals surface area contributed by atoms with Crippen LogP contribution in [0, 0.1) is 5.92 Å². The molecule has 1 aromatic carbocycles. The molecule has 4 rings (SSSR count). The smallest absolute Gasteiger partial charge is 0.237 e. The van der Waals surface area contributed by atoms with Gasteiger partial charge in [0.2, 0.25) is 11.8 Å². The van der Waals surface area contributed by atoms with Crippen LogP contribution in [0.2, 0.25) is 0 Å². The quantitative estimate of drug-likeness (QED) is 0.897. The van der Waals surface area contributed by atoms with Crippen molar-refractivity contribution in [2.75, 3.05) is 31.1 Å². The fraction of sp³-hybridized carbons (Fsp3) is 0.579. The summed E-state index contributed by atoms with van der Waals surface area (Å²) in [6.45, 7) is 3.32. The van der Waals surface area contributed by atoms with E-state index >= 15 is 0 Å². The maximum absolute atomic E-state index is 12.9. The van der Waals surface area contributed by atoms with E-state index < -0.39 is 0 Å². The number of amides is 2. The van der Waals surface area contributed by atoms with Crippen LogP contribution in [0.15, 0.2) is 24.3 Å². The van der Waals surface area contributed by atoms with E-state index in [1.54, 1.807) is 0 Å². The van der Waals surface area contributed by atoms with Gasteiger partial charge < -0.3 is 10.2 Å². The van der Waals surface area contributed by atoms with Crippen LogP contribution in [0.4, 0.5) is 5.69 Å². The third-order valence-electron chi connectivity index (χ3n) is 5.73. The van der Waals surface area contributed by atoms with Crippen molar-refractivity contribution in [1.82, 2.24) is 10.2 Å². The van der Waals surface area contributed by atoms with Crippen LogP contribution in [-0.4, -0.2) is 48.9 Å². The minimum Gasteiger partial charge on any atom is -0.355 e. The number of nitrogens with zero attached hydrogens (tertiary/aromatic N) is 2. The molecule has 2 amide bonds. The third-order valence-corrected chi connectivity index (χ3v) is 5.73. The lowest BCUT2D eigenvalue weighted by molar-refractivity contribution is -0.129. The first kappa shape index (κ1) is 15.6. The second-order valence-corrected chi connectivity index (χ2v) is 7.13. The van der Waals surface area contributed by atoms with Crippen LogP contribution in [0.25, 0.3) is 0 Å². The van der Waals surface area contributed by atoms with E-state index in [0.717, 1.165) is 64.0 Å². The number of anilines is 1. The molecule has 1 aromatic rings. The molecule has 5 nitrogen and oxygen atoms in total. The molecule has 0 saturated carbocycles. The van der Waals surface area contributed by atoms with E-state index in [-0.39, 0.29) is 23.8 Å². The lowest BCUT2D eigenvalue weighted by Gasteiger charge is -2.38. The summed E-state index contributed by atoms with van der Waals surface area (Å²) in [6.07, 6.45) is 4.69. The predicted molar refractivity (Wildman–Crippen MR) is 92.8 cm³/mol. The average molecular weight is 327 g/mol. The fourth-order valence-corrected chi connectivity index (χ4v) is 4.35. The summed E-state index contributed by atoms with van der Waals surface area (Å²) >= 11 is 0. The number of benzene rings is 1. The van der Waals surface area contributed by atoms with E-state index in [0.29, 0.717) is 0 Å². The van der Waals surface area contributed by atoms with Gasteiger partial charge in [-0.25, -0.2) is 0 Å². The second-order valence-electron chi connectivity index (χ2n) is 7.13. The number of hydrogen-bond donors (Lipinski definition) is 1. The van der Waals surface area contributed by atoms with Gasteiger partial charge in [-0.3, -0.25) is 14.5 Å². The van der Waals surface area contributed by atoms with Gasteiger partial charge in [-0.1, -0.05) is 18.2 Å². The molecule has 0 radical (unpaired) electrons. The minimum atomic E-state index is 0.0160. The second kappa shape index (κ2) is 6.55. The molecular formula is C19H25N3O2. The molecule has 2 saturated heterocycles. The van der Waals surface area contributed by atoms with Crippen LogP contribution in [0.3, 0.4) is 0 Å². The number of carbonyl (C=O) groups is 2. The van der Waals surface area contributed by atoms with E-state index in [9.17, 15) is 9.59 Å². The fourth-order valence-electron chi connectivity index (χ4n) is 4.35. The first-order chi connectivity index (χ1) is 11.7. The molecule has 0 aliphatic carbocycles. The molecule has 3 aliphatic heterocycles. The minimum absolute atomic E-state index is 0.0160. The maximum atomic E-state index is 12.9. The number of nitrogens with one attached hydrogen (secondary N) is 1. The highest BCUT2D eigenvalue weighted by Gasteiger charge is 2.36. The summed E-state index contributed by atoms with van der Waals surface area (Å²) in [6, 6.07) is 8.24. The largest absolute Gasteiger partial charge is 0.355 e. The predicted octanol–water partition coefficient (Wildman–Crippen LogP) is 1.57. The summed E-state index contributed by atoms with van der Waals surface area (Å²) in [5.74, 6) is 0.534. The average Bonchev–Trinajstić information content (AvgIpc) is 3.06. The van der Waals surface area contributed by atoms with E-state index in [1.807, 2.05) is 17.0 Å². The number of hydrogen-bond acceptors (Lipinski definition) is 3. The molecule has 0 bridgehead atoms. The van der Waals surface area contributed by atoms with Crippen LogP contribution in [-0.2, 0) is 16.0 Å². The normalized spacial score (nSPS) is 25.4. The Bertz CT molecular complexity index is 637. The molecule has 0 spiro atoms. The highest BCUT2D eigenvalue weighted by Crippen LogP contribution is 2.31. The number of likely N-dealkylation sites (tertiary alicyclic amines) is 1. The molecule has 3 aliphatic rings. The first-order valence-electron chi connectivity index (χ1n) is 9.15. The Labute approximate surface area is 143 Å². The highest BCUT2D eigenvalue weighted by molar-refractivity contribution is 5.97. The summed E-state index contributed by atoms with van der Waals surface area (Å²) in [5, 5.41) is 2.96. The Morgan fingerprint density at radius 3 is 2.67 bits per heavy atom. The van der Waals surface area contributed by atoms with Gasteiger partial charge in [-0.2, -0.15) is 0 Å². The SMILES string of the molecule is O=C1NCCCC1N1CCC(C(=O)N2CCc3ccccc32)CC1. The van der Waals surface area contributed by atoms with Gasteiger partial charge >= 0.3 is 0 Å². The third kappa shape index (κ3) is 2.81. The van der Waals surface area contributed by atoms with Gasteiger partial charge in [0.05, 0.1) is 6.04 Å². The summed E-state index contributed by atoms with van der Waals surface area (Å²) in [7, 11) is 0. The van der Waals surface area contributed by atoms with Gasteiger partial charge in [0.15, 0.2) is 0 Å². The zero-order valence-corrected chi connectivity index (χ0v) is 14.0. The Morgan fingerprint density at radius 2 is 1.88 bits per heavy atom. The molecule has 5 heteroatoms. The Hall–Kier alpha value is -1.88. The Morgan fingerprint density at radius 1 is 1.08 bits per heavy atom. The zero-order chi connectivity index (χ0) is 16.5. The summed E-state index contributed by atoms with van der Waals surface area (Å²) < 4.78 is 0. The van der Waals surface area contributed by atoms with Gasteiger partial charge in [0.1, 0.15) is 0 Å². The van der Waals surface area contributed by atoms with Gasteiger partial charge in [0, 0.05) is 24.7 Å². The molecule has 1 atom stereocenters. The number of carbonyl (C=O) groups excluding carboxylic acids is 2. The van der Waals surface area contributed by atoms with Crippen molar-refractivity contribution in [2.24, 2.45) is 5.92 Å². The molecule has 128 valence electrons. The lowest BCUT2D eigenvalue weighted by atomic mass is 9.92. The molecular weight excluding hydrogens is 302 g/mol. The molecule has 3 heterocycles. The molecule has 0 aromatic heterocycles. The monoisotopic (exact) mass is 327 g/mol. The van der Waals surface area contributed by atoms with Crippen molar-refractivity contribution in [3.63, 3.8) is 0 Å². The maximum Gasteiger partial charge on any atom is 0.237 e. The highest BCUT2D eigenvalue weighted by atomic mass is 16.2. The van der Waals surface area contributed by atoms with Crippen LogP contribution >= 0.6 is 0 Å².